The number of aromatic nitrogens is 2. The highest BCUT2D eigenvalue weighted by atomic mass is 35.5. The smallest absolute Gasteiger partial charge is 0.272 e. The lowest BCUT2D eigenvalue weighted by atomic mass is 10.1. The molecule has 0 unspecified atom stereocenters. The number of halogens is 2. The first kappa shape index (κ1) is 40.0. The molecule has 2 aromatic heterocycles. The number of nitrogens with zero attached hydrogens (tertiary/aromatic N) is 4. The summed E-state index contributed by atoms with van der Waals surface area (Å²) in [5.74, 6) is -0.0132. The zero-order valence-electron chi connectivity index (χ0n) is 30.2. The lowest BCUT2D eigenvalue weighted by molar-refractivity contribution is -0.116. The van der Waals surface area contributed by atoms with Gasteiger partial charge in [0, 0.05) is 81.2 Å². The Kier molecular flexibility index (Phi) is 15.2. The molecule has 0 fully saturated rings. The molecule has 52 heavy (non-hydrogen) atoms. The van der Waals surface area contributed by atoms with Crippen LogP contribution in [0.5, 0.6) is 0 Å². The van der Waals surface area contributed by atoms with E-state index in [1.165, 1.54) is 0 Å². The van der Waals surface area contributed by atoms with Gasteiger partial charge in [-0.3, -0.25) is 19.2 Å². The van der Waals surface area contributed by atoms with Gasteiger partial charge in [-0.15, -0.1) is 23.2 Å². The minimum absolute atomic E-state index is 0.135. The van der Waals surface area contributed by atoms with E-state index in [4.69, 9.17) is 23.2 Å². The molecule has 4 N–H and O–H groups in total. The van der Waals surface area contributed by atoms with Crippen LogP contribution in [0.25, 0.3) is 0 Å². The highest BCUT2D eigenvalue weighted by Crippen LogP contribution is 2.20. The normalized spacial score (nSPS) is 11.0. The van der Waals surface area contributed by atoms with Gasteiger partial charge in [0.25, 0.3) is 17.7 Å². The number of carbonyl (C=O) groups is 4. The van der Waals surface area contributed by atoms with Crippen LogP contribution >= 0.6 is 23.2 Å². The summed E-state index contributed by atoms with van der Waals surface area (Å²) in [6.07, 6.45) is 5.97. The number of alkyl halides is 2. The summed E-state index contributed by atoms with van der Waals surface area (Å²) in [6.45, 7) is 2.87. The molecule has 0 atom stereocenters. The number of anilines is 4. The van der Waals surface area contributed by atoms with Crippen molar-refractivity contribution in [2.75, 3.05) is 72.9 Å². The van der Waals surface area contributed by atoms with Crippen LogP contribution in [0.15, 0.2) is 73.1 Å². The number of aryl methyl sites for hydroxylation is 3. The quantitative estimate of drug-likeness (QED) is 0.0709. The standard InChI is InChI=1S/C38H48Cl2N8O4/c1-45(2)20-6-19-41-37(51)33-24-31(26-46(33)3)44-36(50)28-11-13-29(14-12-28)43-38(52)34-23-30(25-47(34)4)42-35(49)8-5-7-27-9-15-32(16-10-27)48(21-17-39)22-18-40/h9-16,23-26H,5-8,17-22H2,1-4H3,(H,41,51)(H,42,49)(H,43,52)(H,44,50). The first-order chi connectivity index (χ1) is 25.0. The van der Waals surface area contributed by atoms with Crippen LogP contribution in [-0.4, -0.2) is 89.7 Å². The predicted molar refractivity (Wildman–Crippen MR) is 210 cm³/mol. The molecule has 12 nitrogen and oxygen atoms in total. The van der Waals surface area contributed by atoms with Crippen molar-refractivity contribution in [3.05, 3.63) is 95.6 Å². The summed E-state index contributed by atoms with van der Waals surface area (Å²) in [6, 6.07) is 18.0. The van der Waals surface area contributed by atoms with Crippen LogP contribution in [0.2, 0.25) is 0 Å². The first-order valence-corrected chi connectivity index (χ1v) is 18.3. The summed E-state index contributed by atoms with van der Waals surface area (Å²) in [5.41, 5.74) is 4.91. The van der Waals surface area contributed by atoms with E-state index in [0.717, 1.165) is 43.7 Å². The summed E-state index contributed by atoms with van der Waals surface area (Å²) in [4.78, 5) is 55.5. The monoisotopic (exact) mass is 750 g/mol. The van der Waals surface area contributed by atoms with Crippen molar-refractivity contribution in [2.24, 2.45) is 14.1 Å². The van der Waals surface area contributed by atoms with Crippen molar-refractivity contribution >= 4 is 69.6 Å². The highest BCUT2D eigenvalue weighted by molar-refractivity contribution is 6.18. The van der Waals surface area contributed by atoms with E-state index in [9.17, 15) is 19.2 Å². The fraction of sp³-hybridized carbons (Fsp3) is 0.368. The van der Waals surface area contributed by atoms with Crippen LogP contribution in [0.3, 0.4) is 0 Å². The van der Waals surface area contributed by atoms with Crippen molar-refractivity contribution < 1.29 is 19.2 Å². The van der Waals surface area contributed by atoms with Crippen LogP contribution in [-0.2, 0) is 25.3 Å². The second-order valence-corrected chi connectivity index (χ2v) is 13.5. The van der Waals surface area contributed by atoms with Crippen molar-refractivity contribution in [2.45, 2.75) is 25.7 Å². The first-order valence-electron chi connectivity index (χ1n) is 17.2. The molecular weight excluding hydrogens is 703 g/mol. The molecule has 0 radical (unpaired) electrons. The summed E-state index contributed by atoms with van der Waals surface area (Å²) in [5, 5.41) is 11.4. The predicted octanol–water partition coefficient (Wildman–Crippen LogP) is 5.80. The van der Waals surface area contributed by atoms with Gasteiger partial charge in [-0.25, -0.2) is 0 Å². The molecule has 0 spiro atoms. The van der Waals surface area contributed by atoms with Gasteiger partial charge in [0.15, 0.2) is 0 Å². The number of carbonyl (C=O) groups excluding carboxylic acids is 4. The van der Waals surface area contributed by atoms with Crippen LogP contribution in [0.1, 0.15) is 56.2 Å². The number of hydrogen-bond acceptors (Lipinski definition) is 6. The zero-order valence-corrected chi connectivity index (χ0v) is 31.7. The zero-order chi connectivity index (χ0) is 37.6. The third-order valence-corrected chi connectivity index (χ3v) is 8.71. The number of rotatable bonds is 19. The maximum absolute atomic E-state index is 13.1. The number of nitrogens with one attached hydrogen (secondary N) is 4. The Hall–Kier alpha value is -4.78. The minimum atomic E-state index is -0.365. The van der Waals surface area contributed by atoms with Gasteiger partial charge in [-0.2, -0.15) is 0 Å². The Balaban J connectivity index is 1.23. The molecule has 278 valence electrons. The van der Waals surface area contributed by atoms with Gasteiger partial charge < -0.3 is 40.2 Å². The van der Waals surface area contributed by atoms with Gasteiger partial charge in [-0.05, 0) is 94.0 Å². The van der Waals surface area contributed by atoms with E-state index in [0.29, 0.717) is 65.2 Å². The molecule has 0 saturated heterocycles. The lowest BCUT2D eigenvalue weighted by Gasteiger charge is -2.23. The fourth-order valence-corrected chi connectivity index (χ4v) is 6.04. The third kappa shape index (κ3) is 11.9. The molecule has 14 heteroatoms. The SMILES string of the molecule is CN(C)CCCNC(=O)c1cc(NC(=O)c2ccc(NC(=O)c3cc(NC(=O)CCCc4ccc(N(CCCl)CCCl)cc4)cn3C)cc2)cn1C. The largest absolute Gasteiger partial charge is 0.369 e. The van der Waals surface area contributed by atoms with Crippen LogP contribution in [0, 0.1) is 0 Å². The summed E-state index contributed by atoms with van der Waals surface area (Å²) >= 11 is 11.8. The number of amides is 4. The van der Waals surface area contributed by atoms with E-state index in [1.54, 1.807) is 72.0 Å². The van der Waals surface area contributed by atoms with Gasteiger partial charge in [-0.1, -0.05) is 12.1 Å². The lowest BCUT2D eigenvalue weighted by Crippen LogP contribution is -2.28. The van der Waals surface area contributed by atoms with E-state index < -0.39 is 0 Å². The molecule has 2 heterocycles. The number of hydrogen-bond donors (Lipinski definition) is 4. The van der Waals surface area contributed by atoms with Gasteiger partial charge >= 0.3 is 0 Å². The molecule has 0 saturated carbocycles. The minimum Gasteiger partial charge on any atom is -0.369 e. The van der Waals surface area contributed by atoms with Crippen LogP contribution in [0.4, 0.5) is 22.7 Å². The van der Waals surface area contributed by atoms with E-state index in [2.05, 4.69) is 55.3 Å². The van der Waals surface area contributed by atoms with Crippen molar-refractivity contribution in [1.29, 1.82) is 0 Å². The number of benzene rings is 2. The topological polar surface area (TPSA) is 133 Å². The van der Waals surface area contributed by atoms with E-state index in [1.807, 2.05) is 14.1 Å². The maximum Gasteiger partial charge on any atom is 0.272 e. The Morgan fingerprint density at radius 2 is 1.25 bits per heavy atom. The summed E-state index contributed by atoms with van der Waals surface area (Å²) in [7, 11) is 7.44. The van der Waals surface area contributed by atoms with E-state index >= 15 is 0 Å². The molecular formula is C38H48Cl2N8O4. The molecule has 2 aromatic carbocycles. The Morgan fingerprint density at radius 1 is 0.673 bits per heavy atom. The van der Waals surface area contributed by atoms with Crippen molar-refractivity contribution in [3.8, 4) is 0 Å². The average molecular weight is 752 g/mol. The molecule has 0 aliphatic rings. The van der Waals surface area contributed by atoms with Gasteiger partial charge in [0.2, 0.25) is 5.91 Å². The Morgan fingerprint density at radius 3 is 1.85 bits per heavy atom. The van der Waals surface area contributed by atoms with Gasteiger partial charge in [0.05, 0.1) is 11.4 Å². The van der Waals surface area contributed by atoms with Crippen LogP contribution < -0.4 is 26.2 Å². The van der Waals surface area contributed by atoms with Crippen molar-refractivity contribution in [1.82, 2.24) is 19.4 Å². The molecule has 0 aliphatic carbocycles. The molecule has 4 amide bonds. The van der Waals surface area contributed by atoms with E-state index in [-0.39, 0.29) is 23.6 Å². The second-order valence-electron chi connectivity index (χ2n) is 12.8. The second kappa shape index (κ2) is 19.7. The summed E-state index contributed by atoms with van der Waals surface area (Å²) < 4.78 is 3.31. The van der Waals surface area contributed by atoms with Gasteiger partial charge in [0.1, 0.15) is 11.4 Å². The molecule has 4 rings (SSSR count). The maximum atomic E-state index is 13.1. The third-order valence-electron chi connectivity index (χ3n) is 8.37. The average Bonchev–Trinajstić information content (AvgIpc) is 3.67. The van der Waals surface area contributed by atoms with Crippen molar-refractivity contribution in [3.63, 3.8) is 0 Å². The molecule has 4 aromatic rings. The Bertz CT molecular complexity index is 1800. The Labute approximate surface area is 315 Å². The highest BCUT2D eigenvalue weighted by Gasteiger charge is 2.16. The molecule has 0 aliphatic heterocycles. The fourth-order valence-electron chi connectivity index (χ4n) is 5.63. The molecule has 0 bridgehead atoms.